The molecule has 6 nitrogen and oxygen atoms in total. The van der Waals surface area contributed by atoms with Gasteiger partial charge < -0.3 is 14.8 Å². The van der Waals surface area contributed by atoms with Gasteiger partial charge in [-0.15, -0.1) is 16.8 Å². The van der Waals surface area contributed by atoms with Gasteiger partial charge in [0.05, 0.1) is 12.4 Å². The highest BCUT2D eigenvalue weighted by Gasteiger charge is 2.10. The number of carbonyl (C=O) groups excluding carboxylic acids is 1. The monoisotopic (exact) mass is 351 g/mol. The van der Waals surface area contributed by atoms with Crippen molar-refractivity contribution in [2.24, 2.45) is 0 Å². The van der Waals surface area contributed by atoms with E-state index in [1.165, 1.54) is 23.1 Å². The first-order valence-electron chi connectivity index (χ1n) is 6.96. The number of aromatic nitrogens is 2. The third-order valence-corrected chi connectivity index (χ3v) is 4.47. The molecule has 1 aromatic heterocycles. The van der Waals surface area contributed by atoms with Crippen molar-refractivity contribution in [2.75, 3.05) is 24.2 Å². The summed E-state index contributed by atoms with van der Waals surface area (Å²) in [6.45, 7) is 6.75. The summed E-state index contributed by atoms with van der Waals surface area (Å²) in [4.78, 5) is 11.8. The quantitative estimate of drug-likeness (QED) is 0.322. The fraction of sp³-hybridized carbons (Fsp3) is 0.267. The molecule has 1 N–H and O–H groups in total. The number of anilines is 1. The molecule has 0 aliphatic rings. The second kappa shape index (κ2) is 9.16. The van der Waals surface area contributed by atoms with E-state index in [1.54, 1.807) is 30.3 Å². The fourth-order valence-electron chi connectivity index (χ4n) is 1.55. The first-order valence-corrected chi connectivity index (χ1v) is 8.76. The smallest absolute Gasteiger partial charge is 0.321 e. The van der Waals surface area contributed by atoms with Crippen molar-refractivity contribution in [3.63, 3.8) is 0 Å². The van der Waals surface area contributed by atoms with Crippen LogP contribution in [0, 0.1) is 0 Å². The van der Waals surface area contributed by atoms with Crippen LogP contribution in [0.1, 0.15) is 6.92 Å². The van der Waals surface area contributed by atoms with Crippen LogP contribution < -0.4 is 14.8 Å². The lowest BCUT2D eigenvalue weighted by Gasteiger charge is -2.05. The van der Waals surface area contributed by atoms with Gasteiger partial charge in [-0.2, -0.15) is 0 Å². The second-order valence-electron chi connectivity index (χ2n) is 4.21. The Bertz CT molecular complexity index is 644. The van der Waals surface area contributed by atoms with Crippen molar-refractivity contribution in [2.45, 2.75) is 11.3 Å². The van der Waals surface area contributed by atoms with E-state index in [1.807, 2.05) is 6.92 Å². The van der Waals surface area contributed by atoms with Gasteiger partial charge in [-0.3, -0.25) is 4.79 Å². The third kappa shape index (κ3) is 5.91. The molecule has 0 radical (unpaired) electrons. The van der Waals surface area contributed by atoms with E-state index in [9.17, 15) is 4.79 Å². The highest BCUT2D eigenvalue weighted by molar-refractivity contribution is 8.01. The minimum absolute atomic E-state index is 0.170. The largest absolute Gasteiger partial charge is 0.494 e. The summed E-state index contributed by atoms with van der Waals surface area (Å²) in [6, 6.07) is 6.94. The predicted molar refractivity (Wildman–Crippen MR) is 92.6 cm³/mol. The number of hydrogen-bond donors (Lipinski definition) is 1. The molecular formula is C15H17N3O3S2. The summed E-state index contributed by atoms with van der Waals surface area (Å²) in [7, 11) is 0. The Balaban J connectivity index is 1.78. The Labute approximate surface area is 142 Å². The molecule has 0 unspecified atom stereocenters. The molecule has 1 aromatic carbocycles. The maximum absolute atomic E-state index is 11.8. The van der Waals surface area contributed by atoms with Gasteiger partial charge in [0.1, 0.15) is 11.5 Å². The van der Waals surface area contributed by atoms with E-state index in [0.717, 1.165) is 5.75 Å². The van der Waals surface area contributed by atoms with E-state index >= 15 is 0 Å². The Morgan fingerprint density at radius 2 is 2.09 bits per heavy atom. The van der Waals surface area contributed by atoms with Gasteiger partial charge in [-0.05, 0) is 31.2 Å². The Hall–Kier alpha value is -2.06. The maximum atomic E-state index is 11.8. The zero-order valence-corrected chi connectivity index (χ0v) is 14.3. The van der Waals surface area contributed by atoms with Crippen LogP contribution in [-0.2, 0) is 4.79 Å². The summed E-state index contributed by atoms with van der Waals surface area (Å²) in [5.41, 5.74) is 0. The molecule has 23 heavy (non-hydrogen) atoms. The van der Waals surface area contributed by atoms with Crippen LogP contribution in [0.5, 0.6) is 11.5 Å². The molecule has 0 amide bonds. The zero-order chi connectivity index (χ0) is 16.5. The van der Waals surface area contributed by atoms with E-state index in [2.05, 4.69) is 22.1 Å². The van der Waals surface area contributed by atoms with Crippen LogP contribution in [0.4, 0.5) is 5.13 Å². The molecule has 0 aliphatic carbocycles. The predicted octanol–water partition coefficient (Wildman–Crippen LogP) is 3.23. The topological polar surface area (TPSA) is 73.3 Å². The van der Waals surface area contributed by atoms with Gasteiger partial charge in [-0.1, -0.05) is 29.2 Å². The van der Waals surface area contributed by atoms with E-state index in [0.29, 0.717) is 28.4 Å². The van der Waals surface area contributed by atoms with E-state index in [4.69, 9.17) is 9.47 Å². The first-order chi connectivity index (χ1) is 11.2. The molecule has 2 rings (SSSR count). The van der Waals surface area contributed by atoms with Gasteiger partial charge in [0, 0.05) is 6.54 Å². The molecule has 8 heteroatoms. The summed E-state index contributed by atoms with van der Waals surface area (Å²) in [5, 5.41) is 11.7. The highest BCUT2D eigenvalue weighted by atomic mass is 32.2. The number of thioether (sulfide) groups is 1. The number of benzene rings is 1. The van der Waals surface area contributed by atoms with Gasteiger partial charge in [0.2, 0.25) is 5.13 Å². The molecule has 0 fully saturated rings. The number of nitrogens with zero attached hydrogens (tertiary/aromatic N) is 2. The Morgan fingerprint density at radius 3 is 2.78 bits per heavy atom. The minimum Gasteiger partial charge on any atom is -0.494 e. The number of ether oxygens (including phenoxy) is 2. The number of esters is 1. The molecule has 1 heterocycles. The summed E-state index contributed by atoms with van der Waals surface area (Å²) in [6.07, 6.45) is 1.74. The summed E-state index contributed by atoms with van der Waals surface area (Å²) >= 11 is 2.68. The van der Waals surface area contributed by atoms with Crippen molar-refractivity contribution in [1.82, 2.24) is 10.2 Å². The Kier molecular flexibility index (Phi) is 6.89. The zero-order valence-electron chi connectivity index (χ0n) is 12.7. The summed E-state index contributed by atoms with van der Waals surface area (Å²) < 4.78 is 11.3. The van der Waals surface area contributed by atoms with Crippen LogP contribution in [0.2, 0.25) is 0 Å². The van der Waals surface area contributed by atoms with Crippen molar-refractivity contribution in [3.8, 4) is 11.5 Å². The van der Waals surface area contributed by atoms with Crippen LogP contribution >= 0.6 is 23.1 Å². The molecule has 0 atom stereocenters. The van der Waals surface area contributed by atoms with E-state index in [-0.39, 0.29) is 11.7 Å². The Morgan fingerprint density at radius 1 is 1.35 bits per heavy atom. The lowest BCUT2D eigenvalue weighted by atomic mass is 10.3. The van der Waals surface area contributed by atoms with Gasteiger partial charge in [0.15, 0.2) is 4.34 Å². The molecule has 0 saturated carbocycles. The third-order valence-electron chi connectivity index (χ3n) is 2.48. The number of hydrogen-bond acceptors (Lipinski definition) is 8. The van der Waals surface area contributed by atoms with Crippen molar-refractivity contribution >= 4 is 34.2 Å². The molecule has 0 aliphatic heterocycles. The minimum atomic E-state index is -0.338. The normalized spacial score (nSPS) is 10.1. The molecule has 0 saturated heterocycles. The van der Waals surface area contributed by atoms with Gasteiger partial charge >= 0.3 is 5.97 Å². The van der Waals surface area contributed by atoms with Crippen molar-refractivity contribution in [3.05, 3.63) is 36.9 Å². The molecule has 122 valence electrons. The average molecular weight is 351 g/mol. The van der Waals surface area contributed by atoms with E-state index < -0.39 is 0 Å². The molecule has 2 aromatic rings. The maximum Gasteiger partial charge on any atom is 0.321 e. The van der Waals surface area contributed by atoms with Crippen LogP contribution in [0.15, 0.2) is 41.3 Å². The lowest BCUT2D eigenvalue weighted by molar-refractivity contribution is -0.131. The average Bonchev–Trinajstić information content (AvgIpc) is 3.01. The van der Waals surface area contributed by atoms with Crippen LogP contribution in [0.3, 0.4) is 0 Å². The van der Waals surface area contributed by atoms with Crippen LogP contribution in [-0.4, -0.2) is 35.1 Å². The van der Waals surface area contributed by atoms with Gasteiger partial charge in [0.25, 0.3) is 0 Å². The lowest BCUT2D eigenvalue weighted by Crippen LogP contribution is -2.10. The second-order valence-corrected chi connectivity index (χ2v) is 6.41. The number of carbonyl (C=O) groups is 1. The fourth-order valence-corrected chi connectivity index (χ4v) is 3.08. The summed E-state index contributed by atoms with van der Waals surface area (Å²) in [5.74, 6) is 1.07. The number of nitrogens with one attached hydrogen (secondary N) is 1. The SMILES string of the molecule is C=CCNc1nnc(SCC(=O)Oc2ccc(OCC)cc2)s1. The van der Waals surface area contributed by atoms with Crippen molar-refractivity contribution < 1.29 is 14.3 Å². The first kappa shape index (κ1) is 17.3. The van der Waals surface area contributed by atoms with Crippen LogP contribution in [0.25, 0.3) is 0 Å². The standard InChI is InChI=1S/C15H17N3O3S2/c1-3-9-16-14-17-18-15(23-14)22-10-13(19)21-12-7-5-11(6-8-12)20-4-2/h3,5-8H,1,4,9-10H2,2H3,(H,16,17). The molecule has 0 bridgehead atoms. The number of rotatable bonds is 9. The molecule has 0 spiro atoms. The van der Waals surface area contributed by atoms with Gasteiger partial charge in [-0.25, -0.2) is 0 Å². The van der Waals surface area contributed by atoms with Crippen molar-refractivity contribution in [1.29, 1.82) is 0 Å². The molecular weight excluding hydrogens is 334 g/mol. The highest BCUT2D eigenvalue weighted by Crippen LogP contribution is 2.25.